The Labute approximate surface area is 114 Å². The lowest BCUT2D eigenvalue weighted by Gasteiger charge is -2.29. The minimum Gasteiger partial charge on any atom is -0.306 e. The third-order valence-electron chi connectivity index (χ3n) is 4.23. The summed E-state index contributed by atoms with van der Waals surface area (Å²) in [5.41, 5.74) is 1.27. The average molecular weight is 265 g/mol. The zero-order valence-electron chi connectivity index (χ0n) is 11.2. The Morgan fingerprint density at radius 1 is 1.33 bits per heavy atom. The molecule has 1 aliphatic carbocycles. The van der Waals surface area contributed by atoms with Crippen molar-refractivity contribution in [1.29, 1.82) is 0 Å². The van der Waals surface area contributed by atoms with Crippen LogP contribution in [0.1, 0.15) is 54.8 Å². The number of rotatable bonds is 2. The van der Waals surface area contributed by atoms with Crippen LogP contribution in [0.4, 0.5) is 0 Å². The van der Waals surface area contributed by atoms with Gasteiger partial charge in [-0.3, -0.25) is 0 Å². The van der Waals surface area contributed by atoms with Crippen molar-refractivity contribution in [3.05, 3.63) is 16.1 Å². The van der Waals surface area contributed by atoms with Crippen molar-refractivity contribution in [3.63, 3.8) is 0 Å². The van der Waals surface area contributed by atoms with Crippen molar-refractivity contribution in [1.82, 2.24) is 15.2 Å². The van der Waals surface area contributed by atoms with E-state index in [9.17, 15) is 0 Å². The Bertz CT molecular complexity index is 384. The van der Waals surface area contributed by atoms with Crippen molar-refractivity contribution < 1.29 is 0 Å². The molecule has 0 radical (unpaired) electrons. The van der Waals surface area contributed by atoms with Crippen LogP contribution in [0.5, 0.6) is 0 Å². The molecule has 1 aromatic rings. The van der Waals surface area contributed by atoms with Crippen LogP contribution in [-0.4, -0.2) is 36.6 Å². The van der Waals surface area contributed by atoms with Gasteiger partial charge in [0.25, 0.3) is 0 Å². The van der Waals surface area contributed by atoms with E-state index in [2.05, 4.69) is 22.6 Å². The monoisotopic (exact) mass is 265 g/mol. The van der Waals surface area contributed by atoms with E-state index in [1.807, 2.05) is 11.3 Å². The first-order valence-electron chi connectivity index (χ1n) is 7.20. The molecule has 1 aliphatic heterocycles. The molecule has 3 rings (SSSR count). The van der Waals surface area contributed by atoms with E-state index in [1.165, 1.54) is 42.8 Å². The smallest absolute Gasteiger partial charge is 0.0959 e. The standard InChI is InChI=1S/C14H23N3S/c1-17-8-7-15-12(9-17)13-10-18-14(16-13)11-5-3-2-4-6-11/h10-12,15H,2-9H2,1H3. The van der Waals surface area contributed by atoms with Crippen LogP contribution in [0.3, 0.4) is 0 Å². The highest BCUT2D eigenvalue weighted by Crippen LogP contribution is 2.35. The van der Waals surface area contributed by atoms with Gasteiger partial charge in [0.2, 0.25) is 0 Å². The number of aromatic nitrogens is 1. The van der Waals surface area contributed by atoms with Gasteiger partial charge in [0.05, 0.1) is 16.7 Å². The molecule has 1 saturated heterocycles. The van der Waals surface area contributed by atoms with Crippen LogP contribution in [0.15, 0.2) is 5.38 Å². The topological polar surface area (TPSA) is 28.2 Å². The maximum absolute atomic E-state index is 4.92. The predicted molar refractivity (Wildman–Crippen MR) is 76.2 cm³/mol. The highest BCUT2D eigenvalue weighted by Gasteiger charge is 2.23. The number of piperazine rings is 1. The molecule has 1 unspecified atom stereocenters. The number of hydrogen-bond acceptors (Lipinski definition) is 4. The van der Waals surface area contributed by atoms with Gasteiger partial charge in [0.1, 0.15) is 0 Å². The minimum absolute atomic E-state index is 0.442. The fourth-order valence-corrected chi connectivity index (χ4v) is 4.14. The molecular weight excluding hydrogens is 242 g/mol. The molecule has 1 aromatic heterocycles. The number of nitrogens with one attached hydrogen (secondary N) is 1. The molecule has 0 aromatic carbocycles. The minimum atomic E-state index is 0.442. The van der Waals surface area contributed by atoms with E-state index in [4.69, 9.17) is 4.98 Å². The van der Waals surface area contributed by atoms with Gasteiger partial charge in [-0.05, 0) is 19.9 Å². The van der Waals surface area contributed by atoms with E-state index in [0.29, 0.717) is 6.04 Å². The predicted octanol–water partition coefficient (Wildman–Crippen LogP) is 2.77. The van der Waals surface area contributed by atoms with Crippen LogP contribution in [0, 0.1) is 0 Å². The highest BCUT2D eigenvalue weighted by atomic mass is 32.1. The van der Waals surface area contributed by atoms with Crippen molar-refractivity contribution in [2.24, 2.45) is 0 Å². The van der Waals surface area contributed by atoms with Gasteiger partial charge in [-0.15, -0.1) is 11.3 Å². The number of thiazole rings is 1. The van der Waals surface area contributed by atoms with Gasteiger partial charge in [-0.25, -0.2) is 4.98 Å². The first-order chi connectivity index (χ1) is 8.83. The Morgan fingerprint density at radius 3 is 2.94 bits per heavy atom. The molecule has 1 N–H and O–H groups in total. The maximum Gasteiger partial charge on any atom is 0.0959 e. The normalized spacial score (nSPS) is 27.5. The molecule has 100 valence electrons. The molecule has 1 saturated carbocycles. The van der Waals surface area contributed by atoms with Gasteiger partial charge < -0.3 is 10.2 Å². The second kappa shape index (κ2) is 5.68. The van der Waals surface area contributed by atoms with Crippen LogP contribution in [0.2, 0.25) is 0 Å². The summed E-state index contributed by atoms with van der Waals surface area (Å²) in [7, 11) is 2.20. The summed E-state index contributed by atoms with van der Waals surface area (Å²) in [5.74, 6) is 0.749. The van der Waals surface area contributed by atoms with Crippen molar-refractivity contribution in [2.75, 3.05) is 26.7 Å². The fourth-order valence-electron chi connectivity index (χ4n) is 3.09. The molecule has 18 heavy (non-hydrogen) atoms. The van der Waals surface area contributed by atoms with Gasteiger partial charge in [-0.1, -0.05) is 19.3 Å². The zero-order valence-corrected chi connectivity index (χ0v) is 12.0. The summed E-state index contributed by atoms with van der Waals surface area (Å²) in [4.78, 5) is 7.31. The first kappa shape index (κ1) is 12.6. The van der Waals surface area contributed by atoms with Gasteiger partial charge in [-0.2, -0.15) is 0 Å². The highest BCUT2D eigenvalue weighted by molar-refractivity contribution is 7.09. The molecule has 2 aliphatic rings. The Balaban J connectivity index is 1.68. The van der Waals surface area contributed by atoms with E-state index < -0.39 is 0 Å². The maximum atomic E-state index is 4.92. The van der Waals surface area contributed by atoms with Crippen LogP contribution < -0.4 is 5.32 Å². The quantitative estimate of drug-likeness (QED) is 0.891. The van der Waals surface area contributed by atoms with Crippen LogP contribution in [-0.2, 0) is 0 Å². The lowest BCUT2D eigenvalue weighted by Crippen LogP contribution is -2.43. The van der Waals surface area contributed by atoms with Gasteiger partial charge in [0, 0.05) is 30.9 Å². The Hall–Kier alpha value is -0.450. The van der Waals surface area contributed by atoms with E-state index in [1.54, 1.807) is 0 Å². The summed E-state index contributed by atoms with van der Waals surface area (Å²) in [6.07, 6.45) is 6.91. The Kier molecular flexibility index (Phi) is 3.97. The van der Waals surface area contributed by atoms with E-state index >= 15 is 0 Å². The lowest BCUT2D eigenvalue weighted by molar-refractivity contribution is 0.238. The third-order valence-corrected chi connectivity index (χ3v) is 5.26. The van der Waals surface area contributed by atoms with Crippen molar-refractivity contribution in [3.8, 4) is 0 Å². The molecule has 0 bridgehead atoms. The molecule has 0 amide bonds. The Morgan fingerprint density at radius 2 is 2.17 bits per heavy atom. The van der Waals surface area contributed by atoms with Gasteiger partial charge in [0.15, 0.2) is 0 Å². The summed E-state index contributed by atoms with van der Waals surface area (Å²) < 4.78 is 0. The SMILES string of the molecule is CN1CCNC(c2csc(C3CCCCC3)n2)C1. The summed E-state index contributed by atoms with van der Waals surface area (Å²) in [6.45, 7) is 3.32. The largest absolute Gasteiger partial charge is 0.306 e. The second-order valence-electron chi connectivity index (χ2n) is 5.71. The first-order valence-corrected chi connectivity index (χ1v) is 8.08. The number of likely N-dealkylation sites (N-methyl/N-ethyl adjacent to an activating group) is 1. The average Bonchev–Trinajstić information content (AvgIpc) is 2.89. The molecule has 2 heterocycles. The summed E-state index contributed by atoms with van der Waals surface area (Å²) in [6, 6.07) is 0.442. The second-order valence-corrected chi connectivity index (χ2v) is 6.60. The summed E-state index contributed by atoms with van der Waals surface area (Å²) >= 11 is 1.88. The van der Waals surface area contributed by atoms with Crippen molar-refractivity contribution in [2.45, 2.75) is 44.1 Å². The zero-order chi connectivity index (χ0) is 12.4. The summed E-state index contributed by atoms with van der Waals surface area (Å²) in [5, 5.41) is 7.25. The van der Waals surface area contributed by atoms with Crippen LogP contribution in [0.25, 0.3) is 0 Å². The molecule has 4 heteroatoms. The molecule has 3 nitrogen and oxygen atoms in total. The molecular formula is C14H23N3S. The van der Waals surface area contributed by atoms with Gasteiger partial charge >= 0.3 is 0 Å². The van der Waals surface area contributed by atoms with E-state index in [-0.39, 0.29) is 0 Å². The van der Waals surface area contributed by atoms with Crippen LogP contribution >= 0.6 is 11.3 Å². The third kappa shape index (κ3) is 2.76. The number of hydrogen-bond donors (Lipinski definition) is 1. The molecule has 0 spiro atoms. The number of nitrogens with zero attached hydrogens (tertiary/aromatic N) is 2. The molecule has 1 atom stereocenters. The molecule has 2 fully saturated rings. The van der Waals surface area contributed by atoms with Crippen molar-refractivity contribution >= 4 is 11.3 Å². The van der Waals surface area contributed by atoms with E-state index in [0.717, 1.165) is 25.6 Å². The fraction of sp³-hybridized carbons (Fsp3) is 0.786. The lowest BCUT2D eigenvalue weighted by atomic mass is 9.90.